The fourth-order valence-corrected chi connectivity index (χ4v) is 1.23. The van der Waals surface area contributed by atoms with E-state index in [4.69, 9.17) is 0 Å². The Bertz CT molecular complexity index is 322. The van der Waals surface area contributed by atoms with Gasteiger partial charge in [0.15, 0.2) is 0 Å². The van der Waals surface area contributed by atoms with Gasteiger partial charge in [-0.15, -0.1) is 0 Å². The zero-order chi connectivity index (χ0) is 11.4. The van der Waals surface area contributed by atoms with Crippen LogP contribution in [0.5, 0.6) is 0 Å². The lowest BCUT2D eigenvalue weighted by molar-refractivity contribution is 0.558. The number of rotatable bonds is 4. The molecule has 0 radical (unpaired) electrons. The molecule has 1 rings (SSSR count). The van der Waals surface area contributed by atoms with Gasteiger partial charge < -0.3 is 10.6 Å². The average molecular weight is 208 g/mol. The Morgan fingerprint density at radius 1 is 1.13 bits per heavy atom. The van der Waals surface area contributed by atoms with Gasteiger partial charge in [-0.2, -0.15) is 0 Å². The minimum Gasteiger partial charge on any atom is -0.373 e. The first-order chi connectivity index (χ1) is 7.06. The Kier molecular flexibility index (Phi) is 3.88. The summed E-state index contributed by atoms with van der Waals surface area (Å²) in [4.78, 5) is 8.39. The number of hydrogen-bond acceptors (Lipinski definition) is 4. The van der Waals surface area contributed by atoms with Gasteiger partial charge in [0, 0.05) is 18.7 Å². The maximum Gasteiger partial charge on any atom is 0.134 e. The van der Waals surface area contributed by atoms with Crippen LogP contribution in [0, 0.1) is 12.8 Å². The normalized spacial score (nSPS) is 12.7. The second-order valence-corrected chi connectivity index (χ2v) is 4.12. The second kappa shape index (κ2) is 4.96. The summed E-state index contributed by atoms with van der Waals surface area (Å²) in [6.07, 6.45) is 1.58. The van der Waals surface area contributed by atoms with Crippen molar-refractivity contribution in [1.82, 2.24) is 9.97 Å². The fraction of sp³-hybridized carbons (Fsp3) is 0.636. The van der Waals surface area contributed by atoms with Crippen molar-refractivity contribution in [2.75, 3.05) is 17.7 Å². The first-order valence-corrected chi connectivity index (χ1v) is 5.32. The molecule has 0 spiro atoms. The summed E-state index contributed by atoms with van der Waals surface area (Å²) in [6, 6.07) is 0.406. The van der Waals surface area contributed by atoms with Gasteiger partial charge in [-0.25, -0.2) is 9.97 Å². The molecule has 0 amide bonds. The quantitative estimate of drug-likeness (QED) is 0.797. The summed E-state index contributed by atoms with van der Waals surface area (Å²) in [6.45, 7) is 8.55. The lowest BCUT2D eigenvalue weighted by atomic mass is 10.1. The number of hydrogen-bond donors (Lipinski definition) is 2. The Morgan fingerprint density at radius 3 is 2.27 bits per heavy atom. The van der Waals surface area contributed by atoms with E-state index in [1.54, 1.807) is 6.33 Å². The van der Waals surface area contributed by atoms with Gasteiger partial charge in [0.05, 0.1) is 0 Å². The molecule has 0 aliphatic rings. The summed E-state index contributed by atoms with van der Waals surface area (Å²) in [5.74, 6) is 2.37. The van der Waals surface area contributed by atoms with Crippen molar-refractivity contribution in [2.24, 2.45) is 5.92 Å². The Hall–Kier alpha value is -1.32. The molecular weight excluding hydrogens is 188 g/mol. The topological polar surface area (TPSA) is 49.8 Å². The average Bonchev–Trinajstić information content (AvgIpc) is 2.21. The van der Waals surface area contributed by atoms with Crippen molar-refractivity contribution in [2.45, 2.75) is 33.7 Å². The molecule has 84 valence electrons. The molecule has 1 heterocycles. The van der Waals surface area contributed by atoms with Gasteiger partial charge in [0.2, 0.25) is 0 Å². The Labute approximate surface area is 91.5 Å². The monoisotopic (exact) mass is 208 g/mol. The van der Waals surface area contributed by atoms with Crippen molar-refractivity contribution in [1.29, 1.82) is 0 Å². The van der Waals surface area contributed by atoms with E-state index in [0.717, 1.165) is 17.2 Å². The molecule has 2 N–H and O–H groups in total. The molecule has 4 heteroatoms. The molecule has 1 unspecified atom stereocenters. The molecule has 0 fully saturated rings. The summed E-state index contributed by atoms with van der Waals surface area (Å²) >= 11 is 0. The van der Waals surface area contributed by atoms with Gasteiger partial charge in [-0.3, -0.25) is 0 Å². The third kappa shape index (κ3) is 2.81. The van der Waals surface area contributed by atoms with E-state index in [0.29, 0.717) is 12.0 Å². The third-order valence-electron chi connectivity index (χ3n) is 2.69. The summed E-state index contributed by atoms with van der Waals surface area (Å²) in [7, 11) is 1.87. The minimum absolute atomic E-state index is 0.406. The highest BCUT2D eigenvalue weighted by Crippen LogP contribution is 2.19. The zero-order valence-corrected chi connectivity index (χ0v) is 10.1. The van der Waals surface area contributed by atoms with Crippen LogP contribution in [0.2, 0.25) is 0 Å². The molecule has 1 aromatic rings. The van der Waals surface area contributed by atoms with Crippen molar-refractivity contribution in [3.05, 3.63) is 11.9 Å². The summed E-state index contributed by atoms with van der Waals surface area (Å²) < 4.78 is 0. The lowest BCUT2D eigenvalue weighted by Gasteiger charge is -2.19. The summed E-state index contributed by atoms with van der Waals surface area (Å²) in [5.41, 5.74) is 1.06. The van der Waals surface area contributed by atoms with Crippen molar-refractivity contribution in [3.8, 4) is 0 Å². The first kappa shape index (κ1) is 11.8. The standard InChI is InChI=1S/C11H20N4/c1-7(2)9(4)15-11-8(3)10(12-5)13-6-14-11/h6-7,9H,1-5H3,(H2,12,13,14,15). The largest absolute Gasteiger partial charge is 0.373 e. The number of nitrogens with one attached hydrogen (secondary N) is 2. The molecule has 0 aliphatic carbocycles. The highest BCUT2D eigenvalue weighted by atomic mass is 15.1. The molecule has 0 aromatic carbocycles. The van der Waals surface area contributed by atoms with Crippen molar-refractivity contribution >= 4 is 11.6 Å². The van der Waals surface area contributed by atoms with E-state index in [1.807, 2.05) is 14.0 Å². The molecular formula is C11H20N4. The maximum absolute atomic E-state index is 4.25. The maximum atomic E-state index is 4.25. The lowest BCUT2D eigenvalue weighted by Crippen LogP contribution is -2.23. The van der Waals surface area contributed by atoms with Crippen LogP contribution in [-0.2, 0) is 0 Å². The number of nitrogens with zero attached hydrogens (tertiary/aromatic N) is 2. The van der Waals surface area contributed by atoms with Crippen LogP contribution in [0.25, 0.3) is 0 Å². The Balaban J connectivity index is 2.86. The van der Waals surface area contributed by atoms with E-state index in [9.17, 15) is 0 Å². The van der Waals surface area contributed by atoms with Crippen LogP contribution in [0.15, 0.2) is 6.33 Å². The van der Waals surface area contributed by atoms with Gasteiger partial charge >= 0.3 is 0 Å². The summed E-state index contributed by atoms with van der Waals surface area (Å²) in [5, 5.41) is 6.44. The van der Waals surface area contributed by atoms with Crippen LogP contribution in [0.3, 0.4) is 0 Å². The van der Waals surface area contributed by atoms with Crippen LogP contribution < -0.4 is 10.6 Å². The molecule has 0 aliphatic heterocycles. The van der Waals surface area contributed by atoms with Crippen molar-refractivity contribution in [3.63, 3.8) is 0 Å². The molecule has 1 aromatic heterocycles. The molecule has 4 nitrogen and oxygen atoms in total. The van der Waals surface area contributed by atoms with E-state index in [2.05, 4.69) is 41.4 Å². The predicted octanol–water partition coefficient (Wildman–Crippen LogP) is 2.28. The van der Waals surface area contributed by atoms with E-state index in [1.165, 1.54) is 0 Å². The van der Waals surface area contributed by atoms with E-state index >= 15 is 0 Å². The smallest absolute Gasteiger partial charge is 0.134 e. The highest BCUT2D eigenvalue weighted by Gasteiger charge is 2.10. The SMILES string of the molecule is CNc1ncnc(NC(C)C(C)C)c1C. The van der Waals surface area contributed by atoms with Gasteiger partial charge in [0.1, 0.15) is 18.0 Å². The molecule has 1 atom stereocenters. The zero-order valence-electron chi connectivity index (χ0n) is 10.1. The molecule has 0 saturated carbocycles. The van der Waals surface area contributed by atoms with Crippen molar-refractivity contribution < 1.29 is 0 Å². The van der Waals surface area contributed by atoms with Crippen LogP contribution >= 0.6 is 0 Å². The molecule has 15 heavy (non-hydrogen) atoms. The second-order valence-electron chi connectivity index (χ2n) is 4.12. The van der Waals surface area contributed by atoms with Crippen LogP contribution in [0.1, 0.15) is 26.3 Å². The van der Waals surface area contributed by atoms with Gasteiger partial charge in [-0.1, -0.05) is 13.8 Å². The molecule has 0 bridgehead atoms. The highest BCUT2D eigenvalue weighted by molar-refractivity contribution is 5.56. The van der Waals surface area contributed by atoms with Crippen LogP contribution in [0.4, 0.5) is 11.6 Å². The predicted molar refractivity (Wildman–Crippen MR) is 64.2 cm³/mol. The van der Waals surface area contributed by atoms with Crippen LogP contribution in [-0.4, -0.2) is 23.1 Å². The van der Waals surface area contributed by atoms with E-state index in [-0.39, 0.29) is 0 Å². The first-order valence-electron chi connectivity index (χ1n) is 5.32. The Morgan fingerprint density at radius 2 is 1.73 bits per heavy atom. The molecule has 0 saturated heterocycles. The number of anilines is 2. The number of aromatic nitrogens is 2. The fourth-order valence-electron chi connectivity index (χ4n) is 1.23. The third-order valence-corrected chi connectivity index (χ3v) is 2.69. The van der Waals surface area contributed by atoms with E-state index < -0.39 is 0 Å². The minimum atomic E-state index is 0.406. The van der Waals surface area contributed by atoms with Gasteiger partial charge in [-0.05, 0) is 19.8 Å². The van der Waals surface area contributed by atoms with Gasteiger partial charge in [0.25, 0.3) is 0 Å².